The van der Waals surface area contributed by atoms with Gasteiger partial charge in [0.15, 0.2) is 6.39 Å². The van der Waals surface area contributed by atoms with E-state index < -0.39 is 0 Å². The van der Waals surface area contributed by atoms with Crippen molar-refractivity contribution in [3.8, 4) is 0 Å². The molecule has 1 rings (SSSR count). The summed E-state index contributed by atoms with van der Waals surface area (Å²) in [6, 6.07) is 0. The number of oxazole rings is 1. The quantitative estimate of drug-likeness (QED) is 0.600. The van der Waals surface area contributed by atoms with Crippen molar-refractivity contribution < 1.29 is 4.42 Å². The van der Waals surface area contributed by atoms with E-state index in [0.29, 0.717) is 0 Å². The second-order valence-electron chi connectivity index (χ2n) is 1.71. The molecule has 1 aromatic heterocycles. The summed E-state index contributed by atoms with van der Waals surface area (Å²) in [5.74, 6) is 0.991. The Bertz CT molecular complexity index is 170. The Labute approximate surface area is 62.3 Å². The highest BCUT2D eigenvalue weighted by Gasteiger charge is 1.96. The van der Waals surface area contributed by atoms with Crippen LogP contribution in [0.3, 0.4) is 0 Å². The topological polar surface area (TPSA) is 26.0 Å². The monoisotopic (exact) mass is 141 g/mol. The number of hydrogen-bond donors (Lipinski definition) is 0. The number of rotatable bonds is 1. The average Bonchev–Trinajstić information content (AvgIpc) is 2.39. The molecule has 0 spiro atoms. The van der Waals surface area contributed by atoms with Crippen LogP contribution in [0.1, 0.15) is 32.2 Å². The van der Waals surface area contributed by atoms with E-state index in [4.69, 9.17) is 4.42 Å². The lowest BCUT2D eigenvalue weighted by Gasteiger charge is -1.84. The van der Waals surface area contributed by atoms with E-state index in [-0.39, 0.29) is 0 Å². The van der Waals surface area contributed by atoms with Gasteiger partial charge >= 0.3 is 0 Å². The van der Waals surface area contributed by atoms with E-state index in [1.165, 1.54) is 6.39 Å². The Morgan fingerprint density at radius 1 is 1.50 bits per heavy atom. The minimum absolute atomic E-state index is 0.936. The van der Waals surface area contributed by atoms with Gasteiger partial charge in [0.25, 0.3) is 0 Å². The fourth-order valence-corrected chi connectivity index (χ4v) is 0.665. The van der Waals surface area contributed by atoms with Crippen molar-refractivity contribution in [2.75, 3.05) is 0 Å². The van der Waals surface area contributed by atoms with Crippen LogP contribution in [0.25, 0.3) is 0 Å². The van der Waals surface area contributed by atoms with Crippen LogP contribution in [0.4, 0.5) is 0 Å². The zero-order valence-corrected chi connectivity index (χ0v) is 7.14. The summed E-state index contributed by atoms with van der Waals surface area (Å²) in [7, 11) is 0. The smallest absolute Gasteiger partial charge is 0.181 e. The number of aryl methyl sites for hydroxylation is 2. The summed E-state index contributed by atoms with van der Waals surface area (Å²) < 4.78 is 5.00. The molecule has 0 radical (unpaired) electrons. The van der Waals surface area contributed by atoms with Gasteiger partial charge in [-0.15, -0.1) is 0 Å². The minimum atomic E-state index is 0.936. The van der Waals surface area contributed by atoms with Gasteiger partial charge < -0.3 is 4.42 Å². The van der Waals surface area contributed by atoms with Crippen LogP contribution >= 0.6 is 0 Å². The van der Waals surface area contributed by atoms with E-state index in [1.807, 2.05) is 27.7 Å². The molecule has 0 N–H and O–H groups in total. The highest BCUT2D eigenvalue weighted by Crippen LogP contribution is 2.03. The van der Waals surface area contributed by atoms with Crippen LogP contribution in [0.5, 0.6) is 0 Å². The Kier molecular flexibility index (Phi) is 4.63. The summed E-state index contributed by atoms with van der Waals surface area (Å²) >= 11 is 0. The van der Waals surface area contributed by atoms with Crippen molar-refractivity contribution in [2.45, 2.75) is 34.1 Å². The van der Waals surface area contributed by atoms with Gasteiger partial charge in [-0.05, 0) is 6.92 Å². The highest BCUT2D eigenvalue weighted by molar-refractivity contribution is 5.03. The third kappa shape index (κ3) is 2.21. The van der Waals surface area contributed by atoms with Gasteiger partial charge in [0, 0.05) is 6.42 Å². The fourth-order valence-electron chi connectivity index (χ4n) is 0.665. The van der Waals surface area contributed by atoms with Gasteiger partial charge in [0.05, 0.1) is 5.69 Å². The van der Waals surface area contributed by atoms with Crippen molar-refractivity contribution in [1.29, 1.82) is 0 Å². The molecule has 0 aliphatic heterocycles. The van der Waals surface area contributed by atoms with E-state index in [9.17, 15) is 0 Å². The first kappa shape index (κ1) is 9.21. The van der Waals surface area contributed by atoms with Crippen LogP contribution < -0.4 is 0 Å². The average molecular weight is 141 g/mol. The van der Waals surface area contributed by atoms with Crippen LogP contribution in [0, 0.1) is 6.92 Å². The van der Waals surface area contributed by atoms with Gasteiger partial charge in [-0.3, -0.25) is 0 Å². The molecule has 0 atom stereocenters. The molecule has 0 amide bonds. The predicted octanol–water partition coefficient (Wildman–Crippen LogP) is 2.57. The third-order valence-electron chi connectivity index (χ3n) is 1.17. The van der Waals surface area contributed by atoms with E-state index in [2.05, 4.69) is 4.98 Å². The van der Waals surface area contributed by atoms with E-state index in [0.717, 1.165) is 17.9 Å². The molecule has 10 heavy (non-hydrogen) atoms. The molecule has 2 heteroatoms. The summed E-state index contributed by atoms with van der Waals surface area (Å²) in [6.45, 7) is 8.00. The normalized spacial score (nSPS) is 8.40. The molecular weight excluding hydrogens is 126 g/mol. The van der Waals surface area contributed by atoms with Gasteiger partial charge in [-0.2, -0.15) is 0 Å². The first-order valence-electron chi connectivity index (χ1n) is 3.73. The van der Waals surface area contributed by atoms with Gasteiger partial charge in [0.1, 0.15) is 5.76 Å². The molecule has 0 aliphatic rings. The molecule has 0 aliphatic carbocycles. The van der Waals surface area contributed by atoms with Crippen molar-refractivity contribution in [3.05, 3.63) is 17.8 Å². The van der Waals surface area contributed by atoms with Crippen molar-refractivity contribution in [1.82, 2.24) is 4.98 Å². The second-order valence-corrected chi connectivity index (χ2v) is 1.71. The Morgan fingerprint density at radius 3 is 2.30 bits per heavy atom. The Hall–Kier alpha value is -0.790. The summed E-state index contributed by atoms with van der Waals surface area (Å²) in [6.07, 6.45) is 2.42. The molecule has 0 fully saturated rings. The lowest BCUT2D eigenvalue weighted by molar-refractivity contribution is 0.508. The molecule has 58 valence electrons. The molecule has 2 nitrogen and oxygen atoms in total. The Morgan fingerprint density at radius 2 is 2.10 bits per heavy atom. The maximum atomic E-state index is 5.00. The number of nitrogens with zero attached hydrogens (tertiary/aromatic N) is 1. The zero-order valence-electron chi connectivity index (χ0n) is 7.14. The SMILES string of the molecule is CC.CCc1ocnc1C. The largest absolute Gasteiger partial charge is 0.448 e. The van der Waals surface area contributed by atoms with Gasteiger partial charge in [-0.1, -0.05) is 20.8 Å². The lowest BCUT2D eigenvalue weighted by Crippen LogP contribution is -1.77. The van der Waals surface area contributed by atoms with E-state index >= 15 is 0 Å². The van der Waals surface area contributed by atoms with Gasteiger partial charge in [-0.25, -0.2) is 4.98 Å². The Balaban J connectivity index is 0.000000371. The molecule has 1 aromatic rings. The maximum absolute atomic E-state index is 5.00. The molecule has 0 saturated heterocycles. The summed E-state index contributed by atoms with van der Waals surface area (Å²) in [5.41, 5.74) is 1.01. The number of hydrogen-bond acceptors (Lipinski definition) is 2. The van der Waals surface area contributed by atoms with E-state index in [1.54, 1.807) is 0 Å². The summed E-state index contributed by atoms with van der Waals surface area (Å²) in [4.78, 5) is 3.92. The molecule has 0 aromatic carbocycles. The second kappa shape index (κ2) is 5.03. The third-order valence-corrected chi connectivity index (χ3v) is 1.17. The first-order valence-corrected chi connectivity index (χ1v) is 3.73. The highest BCUT2D eigenvalue weighted by atomic mass is 16.3. The molecule has 0 unspecified atom stereocenters. The molecular formula is C8H15NO. The zero-order chi connectivity index (χ0) is 7.98. The van der Waals surface area contributed by atoms with Crippen LogP contribution in [-0.2, 0) is 6.42 Å². The first-order chi connectivity index (χ1) is 4.84. The van der Waals surface area contributed by atoms with Crippen molar-refractivity contribution in [3.63, 3.8) is 0 Å². The molecule has 0 bridgehead atoms. The minimum Gasteiger partial charge on any atom is -0.448 e. The van der Waals surface area contributed by atoms with Crippen LogP contribution in [0.15, 0.2) is 10.8 Å². The van der Waals surface area contributed by atoms with Crippen LogP contribution in [0.2, 0.25) is 0 Å². The van der Waals surface area contributed by atoms with Crippen molar-refractivity contribution >= 4 is 0 Å². The fraction of sp³-hybridized carbons (Fsp3) is 0.625. The standard InChI is InChI=1S/C6H9NO.C2H6/c1-3-6-5(2)7-4-8-6;1-2/h4H,3H2,1-2H3;1-2H3. The summed E-state index contributed by atoms with van der Waals surface area (Å²) in [5, 5.41) is 0. The molecule has 0 saturated carbocycles. The van der Waals surface area contributed by atoms with Crippen molar-refractivity contribution in [2.24, 2.45) is 0 Å². The lowest BCUT2D eigenvalue weighted by atomic mass is 10.3. The predicted molar refractivity (Wildman–Crippen MR) is 42.0 cm³/mol. The maximum Gasteiger partial charge on any atom is 0.181 e. The van der Waals surface area contributed by atoms with Gasteiger partial charge in [0.2, 0.25) is 0 Å². The molecule has 1 heterocycles. The number of aromatic nitrogens is 1. The van der Waals surface area contributed by atoms with Crippen LogP contribution in [-0.4, -0.2) is 4.98 Å².